The minimum atomic E-state index is -0.512. The molecule has 3 N–H and O–H groups in total. The van der Waals surface area contributed by atoms with Crippen LogP contribution in [0.5, 0.6) is 5.75 Å². The molecule has 142 valence electrons. The average Bonchev–Trinajstić information content (AvgIpc) is 2.96. The second-order valence-electron chi connectivity index (χ2n) is 7.31. The molecular formula is C19H27N3O4. The number of amides is 2. The molecule has 26 heavy (non-hydrogen) atoms. The van der Waals surface area contributed by atoms with Crippen molar-refractivity contribution in [3.8, 4) is 5.75 Å². The number of para-hydroxylation sites is 2. The van der Waals surface area contributed by atoms with Gasteiger partial charge in [0.15, 0.2) is 0 Å². The molecule has 1 aliphatic carbocycles. The summed E-state index contributed by atoms with van der Waals surface area (Å²) in [5.41, 5.74) is 0.665. The van der Waals surface area contributed by atoms with E-state index in [4.69, 9.17) is 4.74 Å². The lowest BCUT2D eigenvalue weighted by Gasteiger charge is -2.35. The number of aliphatic hydroxyl groups is 1. The highest BCUT2D eigenvalue weighted by molar-refractivity contribution is 5.93. The molecule has 4 atom stereocenters. The maximum atomic E-state index is 12.4. The summed E-state index contributed by atoms with van der Waals surface area (Å²) in [4.78, 5) is 25.8. The Morgan fingerprint density at radius 1 is 1.23 bits per heavy atom. The van der Waals surface area contributed by atoms with E-state index in [0.717, 1.165) is 19.5 Å². The molecule has 1 aromatic carbocycles. The molecule has 2 amide bonds. The molecule has 0 bridgehead atoms. The van der Waals surface area contributed by atoms with Crippen LogP contribution in [0.2, 0.25) is 0 Å². The topological polar surface area (TPSA) is 90.9 Å². The second-order valence-corrected chi connectivity index (χ2v) is 7.31. The molecule has 1 saturated carbocycles. The van der Waals surface area contributed by atoms with E-state index >= 15 is 0 Å². The zero-order valence-corrected chi connectivity index (χ0v) is 15.3. The third-order valence-electron chi connectivity index (χ3n) is 5.35. The normalized spacial score (nSPS) is 28.3. The highest BCUT2D eigenvalue weighted by atomic mass is 16.5. The number of hydrogen-bond acceptors (Lipinski definition) is 5. The fourth-order valence-corrected chi connectivity index (χ4v) is 4.21. The highest BCUT2D eigenvalue weighted by Gasteiger charge is 2.42. The minimum absolute atomic E-state index is 0.0768. The summed E-state index contributed by atoms with van der Waals surface area (Å²) in [6.45, 7) is 3.40. The molecule has 0 unspecified atom stereocenters. The lowest BCUT2D eigenvalue weighted by molar-refractivity contribution is -0.121. The first-order valence-corrected chi connectivity index (χ1v) is 9.06. The molecule has 1 heterocycles. The van der Waals surface area contributed by atoms with Gasteiger partial charge in [-0.1, -0.05) is 12.1 Å². The third kappa shape index (κ3) is 4.34. The Balaban J connectivity index is 1.54. The first-order valence-electron chi connectivity index (χ1n) is 9.06. The highest BCUT2D eigenvalue weighted by Crippen LogP contribution is 2.36. The summed E-state index contributed by atoms with van der Waals surface area (Å²) in [7, 11) is 1.58. The molecule has 2 fully saturated rings. The van der Waals surface area contributed by atoms with Gasteiger partial charge in [0.05, 0.1) is 31.5 Å². The molecule has 0 spiro atoms. The number of fused-ring (bicyclic) bond motifs is 1. The van der Waals surface area contributed by atoms with Crippen molar-refractivity contribution in [2.24, 2.45) is 11.8 Å². The van der Waals surface area contributed by atoms with Crippen LogP contribution in [0, 0.1) is 11.8 Å². The molecule has 2 aliphatic rings. The molecule has 0 radical (unpaired) electrons. The summed E-state index contributed by atoms with van der Waals surface area (Å²) >= 11 is 0. The summed E-state index contributed by atoms with van der Waals surface area (Å²) in [6, 6.07) is 7.15. The molecule has 1 aromatic rings. The van der Waals surface area contributed by atoms with Crippen molar-refractivity contribution >= 4 is 17.5 Å². The predicted molar refractivity (Wildman–Crippen MR) is 97.9 cm³/mol. The largest absolute Gasteiger partial charge is 0.495 e. The average molecular weight is 361 g/mol. The Labute approximate surface area is 153 Å². The number of carbonyl (C=O) groups excluding carboxylic acids is 2. The third-order valence-corrected chi connectivity index (χ3v) is 5.35. The van der Waals surface area contributed by atoms with Crippen LogP contribution in [0.4, 0.5) is 5.69 Å². The molecule has 7 nitrogen and oxygen atoms in total. The van der Waals surface area contributed by atoms with Crippen LogP contribution in [0.3, 0.4) is 0 Å². The van der Waals surface area contributed by atoms with Crippen LogP contribution < -0.4 is 15.4 Å². The standard InChI is InChI=1S/C19H27N3O4/c1-12(23)20-16-7-13-9-22(10-14(13)8-17(16)24)11-19(25)21-15-5-3-4-6-18(15)26-2/h3-6,13-14,16-17,24H,7-11H2,1-2H3,(H,20,23)(H,21,25)/t13-,14+,16-,17-/m1/s1. The first-order chi connectivity index (χ1) is 12.5. The molecule has 1 saturated heterocycles. The number of nitrogens with one attached hydrogen (secondary N) is 2. The molecule has 7 heteroatoms. The van der Waals surface area contributed by atoms with E-state index in [1.54, 1.807) is 7.11 Å². The van der Waals surface area contributed by atoms with Crippen LogP contribution >= 0.6 is 0 Å². The van der Waals surface area contributed by atoms with Gasteiger partial charge >= 0.3 is 0 Å². The molecule has 3 rings (SSSR count). The Morgan fingerprint density at radius 2 is 1.92 bits per heavy atom. The van der Waals surface area contributed by atoms with E-state index in [2.05, 4.69) is 15.5 Å². The van der Waals surface area contributed by atoms with Crippen molar-refractivity contribution in [3.05, 3.63) is 24.3 Å². The summed E-state index contributed by atoms with van der Waals surface area (Å²) in [5, 5.41) is 16.0. The lowest BCUT2D eigenvalue weighted by atomic mass is 9.77. The Hall–Kier alpha value is -2.12. The predicted octanol–water partition coefficient (Wildman–Crippen LogP) is 0.841. The van der Waals surface area contributed by atoms with Crippen molar-refractivity contribution in [1.29, 1.82) is 0 Å². The smallest absolute Gasteiger partial charge is 0.238 e. The Bertz CT molecular complexity index is 666. The van der Waals surface area contributed by atoms with E-state index in [1.807, 2.05) is 24.3 Å². The number of rotatable bonds is 5. The maximum Gasteiger partial charge on any atom is 0.238 e. The van der Waals surface area contributed by atoms with Gasteiger partial charge in [0.1, 0.15) is 5.75 Å². The van der Waals surface area contributed by atoms with Crippen molar-refractivity contribution in [2.75, 3.05) is 32.1 Å². The number of anilines is 1. The number of methoxy groups -OCH3 is 1. The van der Waals surface area contributed by atoms with E-state index in [0.29, 0.717) is 36.2 Å². The van der Waals surface area contributed by atoms with Gasteiger partial charge in [0.25, 0.3) is 0 Å². The van der Waals surface area contributed by atoms with Crippen LogP contribution in [0.15, 0.2) is 24.3 Å². The number of carbonyl (C=O) groups is 2. The summed E-state index contributed by atoms with van der Waals surface area (Å²) in [5.74, 6) is 1.21. The molecular weight excluding hydrogens is 334 g/mol. The van der Waals surface area contributed by atoms with Gasteiger partial charge in [0, 0.05) is 20.0 Å². The lowest BCUT2D eigenvalue weighted by Crippen LogP contribution is -2.48. The first kappa shape index (κ1) is 18.7. The SMILES string of the molecule is COc1ccccc1NC(=O)CN1C[C@H]2C[C@@H](NC(C)=O)[C@H](O)C[C@H]2C1. The number of ether oxygens (including phenoxy) is 1. The van der Waals surface area contributed by atoms with Gasteiger partial charge < -0.3 is 20.5 Å². The van der Waals surface area contributed by atoms with Gasteiger partial charge in [-0.2, -0.15) is 0 Å². The zero-order valence-electron chi connectivity index (χ0n) is 15.3. The molecule has 1 aliphatic heterocycles. The number of benzene rings is 1. The van der Waals surface area contributed by atoms with Crippen molar-refractivity contribution in [1.82, 2.24) is 10.2 Å². The van der Waals surface area contributed by atoms with E-state index < -0.39 is 6.10 Å². The van der Waals surface area contributed by atoms with Crippen molar-refractivity contribution in [3.63, 3.8) is 0 Å². The number of likely N-dealkylation sites (tertiary alicyclic amines) is 1. The van der Waals surface area contributed by atoms with E-state index in [1.165, 1.54) is 6.92 Å². The quantitative estimate of drug-likeness (QED) is 0.723. The van der Waals surface area contributed by atoms with Crippen LogP contribution in [-0.2, 0) is 9.59 Å². The van der Waals surface area contributed by atoms with E-state index in [-0.39, 0.29) is 17.9 Å². The van der Waals surface area contributed by atoms with Gasteiger partial charge in [-0.15, -0.1) is 0 Å². The zero-order chi connectivity index (χ0) is 18.7. The van der Waals surface area contributed by atoms with Gasteiger partial charge in [-0.3, -0.25) is 14.5 Å². The maximum absolute atomic E-state index is 12.4. The van der Waals surface area contributed by atoms with E-state index in [9.17, 15) is 14.7 Å². The van der Waals surface area contributed by atoms with Gasteiger partial charge in [-0.05, 0) is 36.8 Å². The number of hydrogen-bond donors (Lipinski definition) is 3. The molecule has 0 aromatic heterocycles. The number of aliphatic hydroxyl groups excluding tert-OH is 1. The fourth-order valence-electron chi connectivity index (χ4n) is 4.21. The van der Waals surface area contributed by atoms with Gasteiger partial charge in [-0.25, -0.2) is 0 Å². The van der Waals surface area contributed by atoms with Gasteiger partial charge in [0.2, 0.25) is 11.8 Å². The minimum Gasteiger partial charge on any atom is -0.495 e. The second kappa shape index (κ2) is 8.05. The van der Waals surface area contributed by atoms with Crippen LogP contribution in [-0.4, -0.2) is 60.7 Å². The summed E-state index contributed by atoms with van der Waals surface area (Å²) < 4.78 is 5.26. The monoisotopic (exact) mass is 361 g/mol. The number of nitrogens with zero attached hydrogens (tertiary/aromatic N) is 1. The van der Waals surface area contributed by atoms with Crippen molar-refractivity contribution in [2.45, 2.75) is 31.9 Å². The summed E-state index contributed by atoms with van der Waals surface area (Å²) in [6.07, 6.45) is 0.915. The fraction of sp³-hybridized carbons (Fsp3) is 0.579. The van der Waals surface area contributed by atoms with Crippen LogP contribution in [0.25, 0.3) is 0 Å². The Morgan fingerprint density at radius 3 is 2.62 bits per heavy atom. The van der Waals surface area contributed by atoms with Crippen LogP contribution in [0.1, 0.15) is 19.8 Å². The van der Waals surface area contributed by atoms with Crippen molar-refractivity contribution < 1.29 is 19.4 Å². The Kier molecular flexibility index (Phi) is 5.78.